The van der Waals surface area contributed by atoms with Crippen LogP contribution in [0.15, 0.2) is 0 Å². The topological polar surface area (TPSA) is 57.2 Å². The van der Waals surface area contributed by atoms with Crippen LogP contribution in [0.4, 0.5) is 65.9 Å². The third-order valence-corrected chi connectivity index (χ3v) is 4.16. The summed E-state index contributed by atoms with van der Waals surface area (Å²) >= 11 is 0. The zero-order valence-corrected chi connectivity index (χ0v) is 16.7. The minimum Gasteiger partial charge on any atom is -0.743 e. The second-order valence-electron chi connectivity index (χ2n) is 5.44. The maximum absolute atomic E-state index is 13.2. The van der Waals surface area contributed by atoms with E-state index in [-0.39, 0.29) is 29.6 Å². The number of halogens is 15. The summed E-state index contributed by atoms with van der Waals surface area (Å²) in [5, 5.41) is -7.67. The fraction of sp³-hybridized carbons (Fsp3) is 1.00. The summed E-state index contributed by atoms with van der Waals surface area (Å²) < 4.78 is 222. The van der Waals surface area contributed by atoms with Gasteiger partial charge in [-0.2, -0.15) is 65.9 Å². The summed E-state index contributed by atoms with van der Waals surface area (Å²) in [6, 6.07) is 0. The molecule has 0 atom stereocenters. The molecule has 0 amide bonds. The Bertz CT molecular complexity index is 700. The van der Waals surface area contributed by atoms with Gasteiger partial charge in [-0.05, 0) is 6.42 Å². The molecule has 0 rings (SSSR count). The van der Waals surface area contributed by atoms with Crippen molar-refractivity contribution in [1.29, 1.82) is 0 Å². The minimum atomic E-state index is -8.29. The molecule has 0 aliphatic heterocycles. The van der Waals surface area contributed by atoms with Crippen LogP contribution in [-0.2, 0) is 10.1 Å². The first-order valence-electron chi connectivity index (χ1n) is 6.50. The molecule has 0 fully saturated rings. The Balaban J connectivity index is 0. The van der Waals surface area contributed by atoms with Crippen LogP contribution < -0.4 is 29.6 Å². The molecule has 30 heavy (non-hydrogen) atoms. The maximum Gasteiger partial charge on any atom is 1.00 e. The number of rotatable bonds is 9. The summed E-state index contributed by atoms with van der Waals surface area (Å²) in [6.07, 6.45) is -12.7. The van der Waals surface area contributed by atoms with E-state index in [1.165, 1.54) is 0 Å². The van der Waals surface area contributed by atoms with Crippen molar-refractivity contribution in [3.8, 4) is 0 Å². The second-order valence-corrected chi connectivity index (χ2v) is 6.86. The van der Waals surface area contributed by atoms with Gasteiger partial charge in [-0.3, -0.25) is 0 Å². The average molecular weight is 514 g/mol. The molecule has 0 aromatic rings. The molecule has 0 N–H and O–H groups in total. The van der Waals surface area contributed by atoms with Crippen molar-refractivity contribution in [2.45, 2.75) is 60.3 Å². The normalized spacial score (nSPS) is 15.7. The van der Waals surface area contributed by atoms with Gasteiger partial charge in [0.2, 0.25) is 0 Å². The quantitative estimate of drug-likeness (QED) is 0.269. The third kappa shape index (κ3) is 5.25. The zero-order valence-electron chi connectivity index (χ0n) is 13.9. The molecule has 3 nitrogen and oxygen atoms in total. The first-order valence-corrected chi connectivity index (χ1v) is 7.90. The number of hydrogen-bond donors (Lipinski definition) is 0. The standard InChI is InChI=1S/C10H7F15O3S.Na/c11-4(12,2-1-3-5(13,14)15)6(16,17)7(18,19)8(20,21)9(22,23)10(24,25)29(26,27)28;/h1-3H2,(H,26,27,28);/q;+1/p-1. The van der Waals surface area contributed by atoms with Gasteiger partial charge in [0.25, 0.3) is 0 Å². The van der Waals surface area contributed by atoms with Gasteiger partial charge in [0, 0.05) is 12.8 Å². The van der Waals surface area contributed by atoms with Crippen molar-refractivity contribution in [3.05, 3.63) is 0 Å². The fourth-order valence-electron chi connectivity index (χ4n) is 1.63. The first kappa shape index (κ1) is 32.0. The summed E-state index contributed by atoms with van der Waals surface area (Å²) in [5.74, 6) is -38.9. The Hall–Kier alpha value is -0.140. The molecule has 20 heteroatoms. The van der Waals surface area contributed by atoms with Gasteiger partial charge >= 0.3 is 70.6 Å². The number of hydrogen-bond acceptors (Lipinski definition) is 3. The van der Waals surface area contributed by atoms with Crippen molar-refractivity contribution in [1.82, 2.24) is 0 Å². The molecule has 0 saturated heterocycles. The summed E-state index contributed by atoms with van der Waals surface area (Å²) in [6.45, 7) is 0. The molecule has 0 aromatic carbocycles. The molecule has 0 saturated carbocycles. The molecule has 0 aromatic heterocycles. The summed E-state index contributed by atoms with van der Waals surface area (Å²) in [7, 11) is -7.92. The van der Waals surface area contributed by atoms with Crippen molar-refractivity contribution in [2.24, 2.45) is 0 Å². The zero-order chi connectivity index (χ0) is 24.1. The van der Waals surface area contributed by atoms with Crippen LogP contribution in [0.5, 0.6) is 0 Å². The van der Waals surface area contributed by atoms with Gasteiger partial charge in [-0.15, -0.1) is 0 Å². The van der Waals surface area contributed by atoms with Crippen molar-refractivity contribution < 1.29 is 108 Å². The second kappa shape index (κ2) is 8.66. The van der Waals surface area contributed by atoms with E-state index in [2.05, 4.69) is 0 Å². The van der Waals surface area contributed by atoms with Crippen LogP contribution in [0.1, 0.15) is 19.3 Å². The molecule has 0 unspecified atom stereocenters. The molecule has 0 bridgehead atoms. The molecule has 0 heterocycles. The van der Waals surface area contributed by atoms with E-state index in [9.17, 15) is 78.8 Å². The molecular weight excluding hydrogens is 508 g/mol. The van der Waals surface area contributed by atoms with Gasteiger partial charge in [-0.25, -0.2) is 8.42 Å². The van der Waals surface area contributed by atoms with E-state index in [4.69, 9.17) is 0 Å². The molecule has 0 spiro atoms. The molecule has 0 aliphatic rings. The Kier molecular flexibility index (Phi) is 9.25. The van der Waals surface area contributed by atoms with E-state index in [1.807, 2.05) is 0 Å². The minimum absolute atomic E-state index is 0. The largest absolute Gasteiger partial charge is 1.00 e. The Morgan fingerprint density at radius 1 is 0.567 bits per heavy atom. The predicted molar refractivity (Wildman–Crippen MR) is 59.3 cm³/mol. The van der Waals surface area contributed by atoms with Crippen molar-refractivity contribution >= 4 is 10.1 Å². The van der Waals surface area contributed by atoms with E-state index in [0.29, 0.717) is 0 Å². The van der Waals surface area contributed by atoms with Gasteiger partial charge in [0.15, 0.2) is 10.1 Å². The van der Waals surface area contributed by atoms with Crippen molar-refractivity contribution in [3.63, 3.8) is 0 Å². The van der Waals surface area contributed by atoms with Gasteiger partial charge in [0.05, 0.1) is 0 Å². The molecule has 0 radical (unpaired) electrons. The van der Waals surface area contributed by atoms with Crippen LogP contribution in [0.25, 0.3) is 0 Å². The first-order chi connectivity index (χ1) is 12.2. The molecule has 176 valence electrons. The van der Waals surface area contributed by atoms with Gasteiger partial charge in [0.1, 0.15) is 0 Å². The van der Waals surface area contributed by atoms with Gasteiger partial charge < -0.3 is 4.55 Å². The fourth-order valence-corrected chi connectivity index (χ4v) is 2.07. The Morgan fingerprint density at radius 2 is 0.900 bits per heavy atom. The van der Waals surface area contributed by atoms with E-state index >= 15 is 0 Å². The predicted octanol–water partition coefficient (Wildman–Crippen LogP) is 2.04. The monoisotopic (exact) mass is 514 g/mol. The van der Waals surface area contributed by atoms with Crippen LogP contribution >= 0.6 is 0 Å². The van der Waals surface area contributed by atoms with E-state index in [0.717, 1.165) is 0 Å². The van der Waals surface area contributed by atoms with Crippen molar-refractivity contribution in [2.75, 3.05) is 0 Å². The average Bonchev–Trinajstić information content (AvgIpc) is 2.43. The van der Waals surface area contributed by atoms with Gasteiger partial charge in [-0.1, -0.05) is 0 Å². The smallest absolute Gasteiger partial charge is 0.743 e. The SMILES string of the molecule is O=S(=O)([O-])C(F)(F)C(F)(F)C(F)(F)C(F)(F)C(F)(F)C(F)(F)CCCC(F)(F)F.[Na+]. The Labute approximate surface area is 179 Å². The van der Waals surface area contributed by atoms with Crippen LogP contribution in [0.2, 0.25) is 0 Å². The maximum atomic E-state index is 13.2. The van der Waals surface area contributed by atoms with Crippen LogP contribution in [0, 0.1) is 0 Å². The van der Waals surface area contributed by atoms with Crippen LogP contribution in [0.3, 0.4) is 0 Å². The number of alkyl halides is 15. The summed E-state index contributed by atoms with van der Waals surface area (Å²) in [4.78, 5) is 0. The van der Waals surface area contributed by atoms with E-state index < -0.39 is 70.4 Å². The summed E-state index contributed by atoms with van der Waals surface area (Å²) in [5.41, 5.74) is 0. The third-order valence-electron chi connectivity index (χ3n) is 3.27. The Morgan fingerprint density at radius 3 is 1.20 bits per heavy atom. The molecular formula is C10H6F15NaO3S. The van der Waals surface area contributed by atoms with Crippen LogP contribution in [-0.4, -0.2) is 54.0 Å². The molecule has 0 aliphatic carbocycles. The van der Waals surface area contributed by atoms with E-state index in [1.54, 1.807) is 0 Å².